The van der Waals surface area contributed by atoms with E-state index in [0.29, 0.717) is 18.2 Å². The number of hydrogen-bond donors (Lipinski definition) is 2. The van der Waals surface area contributed by atoms with Crippen LogP contribution < -0.4 is 10.0 Å². The first kappa shape index (κ1) is 19.0. The van der Waals surface area contributed by atoms with E-state index in [2.05, 4.69) is 25.0 Å². The van der Waals surface area contributed by atoms with Crippen molar-refractivity contribution in [3.05, 3.63) is 53.0 Å². The zero-order valence-corrected chi connectivity index (χ0v) is 16.0. The molecule has 2 N–H and O–H groups in total. The molecule has 27 heavy (non-hydrogen) atoms. The molecule has 0 aliphatic carbocycles. The van der Waals surface area contributed by atoms with Gasteiger partial charge in [0.2, 0.25) is 10.0 Å². The minimum absolute atomic E-state index is 0.0458. The van der Waals surface area contributed by atoms with E-state index in [1.807, 2.05) is 29.1 Å². The largest absolute Gasteiger partial charge is 0.465 e. The number of anilines is 1. The molecule has 0 bridgehead atoms. The average Bonchev–Trinajstić information content (AvgIpc) is 3.37. The molecule has 0 unspecified atom stereocenters. The number of carbonyl (C=O) groups is 1. The molecule has 3 aromatic heterocycles. The van der Waals surface area contributed by atoms with Crippen molar-refractivity contribution in [2.24, 2.45) is 0 Å². The lowest BCUT2D eigenvalue weighted by molar-refractivity contribution is 0.0602. The maximum Gasteiger partial charge on any atom is 0.349 e. The summed E-state index contributed by atoms with van der Waals surface area (Å²) in [6, 6.07) is 8.70. The molecule has 0 radical (unpaired) electrons. The molecule has 0 aliphatic rings. The molecule has 142 valence electrons. The summed E-state index contributed by atoms with van der Waals surface area (Å²) >= 11 is 1.02. The van der Waals surface area contributed by atoms with Crippen molar-refractivity contribution in [3.63, 3.8) is 0 Å². The second kappa shape index (κ2) is 8.29. The van der Waals surface area contributed by atoms with Gasteiger partial charge in [-0.05, 0) is 35.7 Å². The molecular weight excluding hydrogens is 390 g/mol. The molecule has 0 amide bonds. The van der Waals surface area contributed by atoms with E-state index in [9.17, 15) is 13.2 Å². The summed E-state index contributed by atoms with van der Waals surface area (Å²) < 4.78 is 33.6. The molecule has 0 atom stereocenters. The highest BCUT2D eigenvalue weighted by atomic mass is 32.2. The maximum atomic E-state index is 12.4. The van der Waals surface area contributed by atoms with Crippen LogP contribution in [0.2, 0.25) is 0 Å². The topological polar surface area (TPSA) is 115 Å². The van der Waals surface area contributed by atoms with E-state index in [4.69, 9.17) is 0 Å². The van der Waals surface area contributed by atoms with Crippen LogP contribution in [0, 0.1) is 0 Å². The Morgan fingerprint density at radius 2 is 1.96 bits per heavy atom. The second-order valence-corrected chi connectivity index (χ2v) is 7.95. The van der Waals surface area contributed by atoms with Gasteiger partial charge < -0.3 is 14.6 Å². The third kappa shape index (κ3) is 4.51. The Balaban J connectivity index is 1.54. The normalized spacial score (nSPS) is 11.3. The smallest absolute Gasteiger partial charge is 0.349 e. The third-order valence-electron chi connectivity index (χ3n) is 3.53. The quantitative estimate of drug-likeness (QED) is 0.429. The first-order valence-corrected chi connectivity index (χ1v) is 10.2. The van der Waals surface area contributed by atoms with Gasteiger partial charge in [-0.25, -0.2) is 17.9 Å². The van der Waals surface area contributed by atoms with Gasteiger partial charge in [0.15, 0.2) is 5.82 Å². The number of carbonyl (C=O) groups excluding carboxylic acids is 1. The van der Waals surface area contributed by atoms with Gasteiger partial charge in [-0.2, -0.15) is 0 Å². The first-order chi connectivity index (χ1) is 13.0. The average molecular weight is 407 g/mol. The summed E-state index contributed by atoms with van der Waals surface area (Å²) in [5.41, 5.74) is 0. The molecule has 0 aromatic carbocycles. The number of rotatable bonds is 8. The Morgan fingerprint density at radius 1 is 1.19 bits per heavy atom. The molecule has 3 heterocycles. The van der Waals surface area contributed by atoms with E-state index in [1.165, 1.54) is 18.6 Å². The van der Waals surface area contributed by atoms with Crippen LogP contribution in [0.15, 0.2) is 53.0 Å². The van der Waals surface area contributed by atoms with Crippen LogP contribution in [0.4, 0.5) is 5.82 Å². The molecule has 9 nitrogen and oxygen atoms in total. The number of hydrogen-bond acceptors (Lipinski definition) is 8. The highest BCUT2D eigenvalue weighted by molar-refractivity contribution is 7.89. The SMILES string of the molecule is COC(=O)c1sccc1S(=O)(=O)NCCNc1ccc(-n2cccc2)nn1. The Hall–Kier alpha value is -2.76. The van der Waals surface area contributed by atoms with Crippen LogP contribution in [0.25, 0.3) is 5.82 Å². The van der Waals surface area contributed by atoms with Crippen LogP contribution in [-0.4, -0.2) is 49.4 Å². The number of nitrogens with zero attached hydrogens (tertiary/aromatic N) is 3. The molecule has 0 spiro atoms. The number of thiophene rings is 1. The lowest BCUT2D eigenvalue weighted by Gasteiger charge is -2.09. The van der Waals surface area contributed by atoms with Crippen LogP contribution in [-0.2, 0) is 14.8 Å². The second-order valence-electron chi connectivity index (χ2n) is 5.30. The van der Waals surface area contributed by atoms with E-state index in [1.54, 1.807) is 12.1 Å². The van der Waals surface area contributed by atoms with Gasteiger partial charge in [0, 0.05) is 25.5 Å². The molecule has 0 saturated carbocycles. The van der Waals surface area contributed by atoms with Gasteiger partial charge in [0.25, 0.3) is 0 Å². The highest BCUT2D eigenvalue weighted by Crippen LogP contribution is 2.22. The zero-order chi connectivity index (χ0) is 19.3. The number of aromatic nitrogens is 3. The van der Waals surface area contributed by atoms with Crippen molar-refractivity contribution in [2.45, 2.75) is 4.90 Å². The van der Waals surface area contributed by atoms with Crippen molar-refractivity contribution in [1.29, 1.82) is 0 Å². The number of ether oxygens (including phenoxy) is 1. The summed E-state index contributed by atoms with van der Waals surface area (Å²) in [6.07, 6.45) is 3.72. The fourth-order valence-electron chi connectivity index (χ4n) is 2.25. The summed E-state index contributed by atoms with van der Waals surface area (Å²) in [5, 5.41) is 12.7. The predicted octanol–water partition coefficient (Wildman–Crippen LogP) is 1.51. The molecule has 0 fully saturated rings. The lowest BCUT2D eigenvalue weighted by atomic mass is 10.5. The summed E-state index contributed by atoms with van der Waals surface area (Å²) in [6.45, 7) is 0.411. The van der Waals surface area contributed by atoms with Gasteiger partial charge in [-0.3, -0.25) is 0 Å². The van der Waals surface area contributed by atoms with Crippen LogP contribution in [0.1, 0.15) is 9.67 Å². The van der Waals surface area contributed by atoms with Gasteiger partial charge in [0.05, 0.1) is 7.11 Å². The molecule has 3 rings (SSSR count). The summed E-state index contributed by atoms with van der Waals surface area (Å²) in [5.74, 6) is 0.525. The summed E-state index contributed by atoms with van der Waals surface area (Å²) in [4.78, 5) is 11.6. The van der Waals surface area contributed by atoms with Crippen molar-refractivity contribution in [2.75, 3.05) is 25.5 Å². The van der Waals surface area contributed by atoms with Crippen LogP contribution >= 0.6 is 11.3 Å². The minimum atomic E-state index is -3.81. The van der Waals surface area contributed by atoms with Gasteiger partial charge >= 0.3 is 5.97 Å². The summed E-state index contributed by atoms with van der Waals surface area (Å²) in [7, 11) is -2.61. The fraction of sp³-hybridized carbons (Fsp3) is 0.188. The number of esters is 1. The van der Waals surface area contributed by atoms with Gasteiger partial charge in [0.1, 0.15) is 15.6 Å². The molecule has 0 saturated heterocycles. The van der Waals surface area contributed by atoms with E-state index < -0.39 is 16.0 Å². The Labute approximate surface area is 160 Å². The van der Waals surface area contributed by atoms with Crippen molar-refractivity contribution < 1.29 is 17.9 Å². The Bertz CT molecular complexity index is 998. The first-order valence-electron chi connectivity index (χ1n) is 7.87. The molecule has 0 aliphatic heterocycles. The highest BCUT2D eigenvalue weighted by Gasteiger charge is 2.24. The zero-order valence-electron chi connectivity index (χ0n) is 14.3. The number of nitrogens with one attached hydrogen (secondary N) is 2. The van der Waals surface area contributed by atoms with E-state index in [0.717, 1.165) is 11.3 Å². The fourth-order valence-corrected chi connectivity index (χ4v) is 4.61. The van der Waals surface area contributed by atoms with Crippen LogP contribution in [0.3, 0.4) is 0 Å². The van der Waals surface area contributed by atoms with Crippen molar-refractivity contribution in [1.82, 2.24) is 19.5 Å². The number of methoxy groups -OCH3 is 1. The van der Waals surface area contributed by atoms with E-state index in [-0.39, 0.29) is 16.3 Å². The molecule has 3 aromatic rings. The van der Waals surface area contributed by atoms with Crippen molar-refractivity contribution >= 4 is 33.1 Å². The molecule has 11 heteroatoms. The maximum absolute atomic E-state index is 12.4. The predicted molar refractivity (Wildman–Crippen MR) is 101 cm³/mol. The van der Waals surface area contributed by atoms with Gasteiger partial charge in [-0.15, -0.1) is 21.5 Å². The van der Waals surface area contributed by atoms with E-state index >= 15 is 0 Å². The standard InChI is InChI=1S/C16H17N5O4S2/c1-25-16(22)15-12(6-11-26-15)27(23,24)18-8-7-17-13-4-5-14(20-19-13)21-9-2-3-10-21/h2-6,9-11,18H,7-8H2,1H3,(H,17,19). The lowest BCUT2D eigenvalue weighted by Crippen LogP contribution is -2.29. The third-order valence-corrected chi connectivity index (χ3v) is 6.06. The van der Waals surface area contributed by atoms with Crippen molar-refractivity contribution in [3.8, 4) is 5.82 Å². The van der Waals surface area contributed by atoms with Gasteiger partial charge in [-0.1, -0.05) is 0 Å². The Kier molecular flexibility index (Phi) is 5.84. The number of sulfonamides is 1. The minimum Gasteiger partial charge on any atom is -0.465 e. The van der Waals surface area contributed by atoms with Crippen LogP contribution in [0.5, 0.6) is 0 Å². The Morgan fingerprint density at radius 3 is 2.63 bits per heavy atom. The monoisotopic (exact) mass is 407 g/mol. The molecular formula is C16H17N5O4S2.